The highest BCUT2D eigenvalue weighted by Gasteiger charge is 2.22. The predicted octanol–water partition coefficient (Wildman–Crippen LogP) is 0.469. The van der Waals surface area contributed by atoms with E-state index in [1.165, 1.54) is 0 Å². The molecule has 0 saturated carbocycles. The van der Waals surface area contributed by atoms with Gasteiger partial charge >= 0.3 is 0 Å². The molecule has 4 heteroatoms. The molecule has 0 aliphatic carbocycles. The minimum atomic E-state index is -0.950. The summed E-state index contributed by atoms with van der Waals surface area (Å²) in [6.45, 7) is 1.97. The van der Waals surface area contributed by atoms with Crippen molar-refractivity contribution < 1.29 is 10.2 Å². The molecule has 2 rings (SSSR count). The molecule has 2 unspecified atom stereocenters. The average Bonchev–Trinajstić information content (AvgIpc) is 2.08. The quantitative estimate of drug-likeness (QED) is 0.468. The first kappa shape index (κ1) is 8.34. The zero-order chi connectivity index (χ0) is 9.42. The maximum Gasteiger partial charge on any atom is 0.169 e. The molecule has 0 bridgehead atoms. The zero-order valence-corrected chi connectivity index (χ0v) is 7.28. The fourth-order valence-electron chi connectivity index (χ4n) is 1.38. The standard InChI is InChI=1S/C9H12N2O2/c1-5-2-3-6-7(4-5)11-9(13)8(12)10-6/h2-4,8-13H,1H3. The van der Waals surface area contributed by atoms with Gasteiger partial charge in [-0.2, -0.15) is 0 Å². The molecule has 0 radical (unpaired) electrons. The first-order valence-electron chi connectivity index (χ1n) is 4.17. The molecule has 13 heavy (non-hydrogen) atoms. The molecule has 70 valence electrons. The van der Waals surface area contributed by atoms with Crippen LogP contribution in [0.3, 0.4) is 0 Å². The van der Waals surface area contributed by atoms with E-state index in [-0.39, 0.29) is 0 Å². The molecule has 4 nitrogen and oxygen atoms in total. The van der Waals surface area contributed by atoms with Gasteiger partial charge in [-0.15, -0.1) is 0 Å². The van der Waals surface area contributed by atoms with E-state index in [0.717, 1.165) is 16.9 Å². The van der Waals surface area contributed by atoms with Crippen LogP contribution in [-0.4, -0.2) is 22.7 Å². The second kappa shape index (κ2) is 2.90. The van der Waals surface area contributed by atoms with E-state index in [1.54, 1.807) is 0 Å². The average molecular weight is 180 g/mol. The van der Waals surface area contributed by atoms with E-state index in [1.807, 2.05) is 25.1 Å². The highest BCUT2D eigenvalue weighted by atomic mass is 16.4. The van der Waals surface area contributed by atoms with Gasteiger partial charge in [0.05, 0.1) is 11.4 Å². The van der Waals surface area contributed by atoms with Gasteiger partial charge in [-0.3, -0.25) is 0 Å². The Kier molecular flexibility index (Phi) is 1.86. The van der Waals surface area contributed by atoms with E-state index in [2.05, 4.69) is 10.6 Å². The molecule has 0 amide bonds. The molecule has 1 aliphatic rings. The fraction of sp³-hybridized carbons (Fsp3) is 0.333. The Balaban J connectivity index is 2.37. The van der Waals surface area contributed by atoms with Crippen molar-refractivity contribution >= 4 is 11.4 Å². The number of nitrogens with one attached hydrogen (secondary N) is 2. The zero-order valence-electron chi connectivity index (χ0n) is 7.28. The van der Waals surface area contributed by atoms with Crippen LogP contribution < -0.4 is 10.6 Å². The third-order valence-electron chi connectivity index (χ3n) is 2.08. The lowest BCUT2D eigenvalue weighted by molar-refractivity contribution is 0.0528. The normalized spacial score (nSPS) is 25.8. The Hall–Kier alpha value is -1.26. The van der Waals surface area contributed by atoms with Crippen molar-refractivity contribution in [1.29, 1.82) is 0 Å². The number of fused-ring (bicyclic) bond motifs is 1. The molecule has 1 aromatic carbocycles. The third kappa shape index (κ3) is 1.46. The topological polar surface area (TPSA) is 64.5 Å². The van der Waals surface area contributed by atoms with Crippen LogP contribution in [0.15, 0.2) is 18.2 Å². The number of aliphatic hydroxyl groups is 2. The summed E-state index contributed by atoms with van der Waals surface area (Å²) in [7, 11) is 0. The Morgan fingerprint density at radius 1 is 1.08 bits per heavy atom. The molecule has 1 aliphatic heterocycles. The van der Waals surface area contributed by atoms with Gasteiger partial charge in [0, 0.05) is 0 Å². The smallest absolute Gasteiger partial charge is 0.169 e. The molecule has 0 aromatic heterocycles. The lowest BCUT2D eigenvalue weighted by Crippen LogP contribution is -2.42. The maximum atomic E-state index is 9.29. The lowest BCUT2D eigenvalue weighted by Gasteiger charge is -2.29. The molecule has 0 saturated heterocycles. The van der Waals surface area contributed by atoms with Gasteiger partial charge in [0.1, 0.15) is 0 Å². The number of rotatable bonds is 0. The van der Waals surface area contributed by atoms with Crippen LogP contribution in [0.1, 0.15) is 5.56 Å². The van der Waals surface area contributed by atoms with Crippen molar-refractivity contribution in [3.05, 3.63) is 23.8 Å². The summed E-state index contributed by atoms with van der Waals surface area (Å²) in [5.41, 5.74) is 2.73. The lowest BCUT2D eigenvalue weighted by atomic mass is 10.1. The van der Waals surface area contributed by atoms with Crippen molar-refractivity contribution in [2.24, 2.45) is 0 Å². The monoisotopic (exact) mass is 180 g/mol. The first-order chi connectivity index (χ1) is 6.16. The summed E-state index contributed by atoms with van der Waals surface area (Å²) in [5.74, 6) is 0. The van der Waals surface area contributed by atoms with E-state index < -0.39 is 12.5 Å². The first-order valence-corrected chi connectivity index (χ1v) is 4.17. The van der Waals surface area contributed by atoms with E-state index >= 15 is 0 Å². The second-order valence-corrected chi connectivity index (χ2v) is 3.23. The molecule has 4 N–H and O–H groups in total. The highest BCUT2D eigenvalue weighted by molar-refractivity contribution is 5.72. The van der Waals surface area contributed by atoms with Crippen molar-refractivity contribution in [3.8, 4) is 0 Å². The number of anilines is 2. The van der Waals surface area contributed by atoms with Crippen molar-refractivity contribution in [3.63, 3.8) is 0 Å². The number of aryl methyl sites for hydroxylation is 1. The summed E-state index contributed by atoms with van der Waals surface area (Å²) in [6.07, 6.45) is -1.90. The SMILES string of the molecule is Cc1ccc2c(c1)NC(O)C(O)N2. The van der Waals surface area contributed by atoms with Gasteiger partial charge in [-0.05, 0) is 24.6 Å². The molecule has 0 fully saturated rings. The van der Waals surface area contributed by atoms with E-state index in [4.69, 9.17) is 0 Å². The van der Waals surface area contributed by atoms with Gasteiger partial charge < -0.3 is 20.8 Å². The molecular weight excluding hydrogens is 168 g/mol. The van der Waals surface area contributed by atoms with Gasteiger partial charge in [-0.25, -0.2) is 0 Å². The van der Waals surface area contributed by atoms with Crippen LogP contribution in [0.4, 0.5) is 11.4 Å². The third-order valence-corrected chi connectivity index (χ3v) is 2.08. The van der Waals surface area contributed by atoms with Crippen LogP contribution in [0.25, 0.3) is 0 Å². The van der Waals surface area contributed by atoms with Gasteiger partial charge in [0.25, 0.3) is 0 Å². The maximum absolute atomic E-state index is 9.29. The molecule has 0 spiro atoms. The second-order valence-electron chi connectivity index (χ2n) is 3.23. The summed E-state index contributed by atoms with van der Waals surface area (Å²) in [4.78, 5) is 0. The van der Waals surface area contributed by atoms with E-state index in [0.29, 0.717) is 0 Å². The summed E-state index contributed by atoms with van der Waals surface area (Å²) in [6, 6.07) is 5.72. The Morgan fingerprint density at radius 2 is 1.69 bits per heavy atom. The number of hydrogen-bond donors (Lipinski definition) is 4. The minimum Gasteiger partial charge on any atom is -0.369 e. The Bertz CT molecular complexity index is 327. The van der Waals surface area contributed by atoms with Crippen LogP contribution in [0.5, 0.6) is 0 Å². The predicted molar refractivity (Wildman–Crippen MR) is 50.4 cm³/mol. The molecule has 1 aromatic rings. The van der Waals surface area contributed by atoms with E-state index in [9.17, 15) is 10.2 Å². The molecular formula is C9H12N2O2. The molecule has 2 atom stereocenters. The summed E-state index contributed by atoms with van der Waals surface area (Å²) < 4.78 is 0. The number of aliphatic hydroxyl groups excluding tert-OH is 2. The van der Waals surface area contributed by atoms with Crippen LogP contribution >= 0.6 is 0 Å². The summed E-state index contributed by atoms with van der Waals surface area (Å²) >= 11 is 0. The van der Waals surface area contributed by atoms with Crippen LogP contribution in [0.2, 0.25) is 0 Å². The van der Waals surface area contributed by atoms with Gasteiger partial charge in [0.2, 0.25) is 0 Å². The largest absolute Gasteiger partial charge is 0.369 e. The fourth-order valence-corrected chi connectivity index (χ4v) is 1.38. The minimum absolute atomic E-state index is 0.809. The Labute approximate surface area is 76.2 Å². The van der Waals surface area contributed by atoms with Crippen molar-refractivity contribution in [2.45, 2.75) is 19.4 Å². The van der Waals surface area contributed by atoms with Gasteiger partial charge in [-0.1, -0.05) is 6.07 Å². The van der Waals surface area contributed by atoms with Crippen molar-refractivity contribution in [1.82, 2.24) is 0 Å². The molecule has 1 heterocycles. The summed E-state index contributed by atoms with van der Waals surface area (Å²) in [5, 5.41) is 24.1. The van der Waals surface area contributed by atoms with Gasteiger partial charge in [0.15, 0.2) is 12.5 Å². The Morgan fingerprint density at radius 3 is 2.38 bits per heavy atom. The van der Waals surface area contributed by atoms with Crippen LogP contribution in [0, 0.1) is 6.92 Å². The highest BCUT2D eigenvalue weighted by Crippen LogP contribution is 2.27. The van der Waals surface area contributed by atoms with Crippen molar-refractivity contribution in [2.75, 3.05) is 10.6 Å². The van der Waals surface area contributed by atoms with Crippen LogP contribution in [-0.2, 0) is 0 Å². The number of hydrogen-bond acceptors (Lipinski definition) is 4. The number of benzene rings is 1.